The smallest absolute Gasteiger partial charge is 0.0975 e. The van der Waals surface area contributed by atoms with Crippen molar-refractivity contribution in [2.24, 2.45) is 0 Å². The van der Waals surface area contributed by atoms with E-state index in [2.05, 4.69) is 43.4 Å². The zero-order valence-electron chi connectivity index (χ0n) is 12.3. The molecule has 0 radical (unpaired) electrons. The van der Waals surface area contributed by atoms with Crippen molar-refractivity contribution in [1.82, 2.24) is 10.3 Å². The van der Waals surface area contributed by atoms with Crippen molar-refractivity contribution >= 4 is 11.3 Å². The molecule has 3 heteroatoms. The molecule has 1 heterocycles. The van der Waals surface area contributed by atoms with Crippen molar-refractivity contribution in [2.75, 3.05) is 6.54 Å². The lowest BCUT2D eigenvalue weighted by atomic mass is 9.98. The van der Waals surface area contributed by atoms with Gasteiger partial charge in [-0.25, -0.2) is 4.98 Å². The Kier molecular flexibility index (Phi) is 4.18. The van der Waals surface area contributed by atoms with Crippen LogP contribution < -0.4 is 5.32 Å². The van der Waals surface area contributed by atoms with Gasteiger partial charge in [0.15, 0.2) is 0 Å². The minimum absolute atomic E-state index is 0.535. The Hall–Kier alpha value is -1.19. The lowest BCUT2D eigenvalue weighted by Crippen LogP contribution is -2.23. The summed E-state index contributed by atoms with van der Waals surface area (Å²) in [6, 6.07) is 9.34. The van der Waals surface area contributed by atoms with Gasteiger partial charge in [0.2, 0.25) is 0 Å². The van der Waals surface area contributed by atoms with Gasteiger partial charge in [-0.1, -0.05) is 36.8 Å². The van der Waals surface area contributed by atoms with Crippen LogP contribution in [-0.4, -0.2) is 11.5 Å². The molecule has 0 aliphatic heterocycles. The molecule has 1 unspecified atom stereocenters. The first-order valence-electron chi connectivity index (χ1n) is 7.53. The maximum atomic E-state index is 4.88. The molecule has 2 nitrogen and oxygen atoms in total. The van der Waals surface area contributed by atoms with Crippen LogP contribution in [0.5, 0.6) is 0 Å². The number of benzene rings is 1. The molecule has 0 bridgehead atoms. The average Bonchev–Trinajstić information content (AvgIpc) is 2.85. The number of thiazole rings is 1. The molecule has 0 amide bonds. The van der Waals surface area contributed by atoms with Crippen LogP contribution >= 0.6 is 11.3 Å². The molecule has 0 fully saturated rings. The van der Waals surface area contributed by atoms with E-state index in [-0.39, 0.29) is 0 Å². The van der Waals surface area contributed by atoms with Crippen LogP contribution in [0.3, 0.4) is 0 Å². The standard InChI is InChI=1S/C17H22N2S/c1-3-18-14-5-4-6-15-17(14)20-16(19-15)11-13-9-7-12(2)8-10-13/h7-10,14,18H,3-6,11H2,1-2H3. The van der Waals surface area contributed by atoms with Crippen LogP contribution in [-0.2, 0) is 12.8 Å². The topological polar surface area (TPSA) is 24.9 Å². The van der Waals surface area contributed by atoms with Gasteiger partial charge in [0, 0.05) is 17.3 Å². The van der Waals surface area contributed by atoms with Gasteiger partial charge in [0.05, 0.1) is 10.7 Å². The molecule has 1 atom stereocenters. The average molecular weight is 286 g/mol. The molecule has 2 aromatic rings. The molecule has 1 aliphatic rings. The molecule has 0 saturated carbocycles. The fourth-order valence-electron chi connectivity index (χ4n) is 2.87. The van der Waals surface area contributed by atoms with Crippen LogP contribution in [0.4, 0.5) is 0 Å². The highest BCUT2D eigenvalue weighted by molar-refractivity contribution is 7.11. The molecule has 20 heavy (non-hydrogen) atoms. The van der Waals surface area contributed by atoms with Crippen LogP contribution in [0, 0.1) is 6.92 Å². The molecular formula is C17H22N2S. The highest BCUT2D eigenvalue weighted by atomic mass is 32.1. The largest absolute Gasteiger partial charge is 0.309 e. The monoisotopic (exact) mass is 286 g/mol. The first-order chi connectivity index (χ1) is 9.76. The van der Waals surface area contributed by atoms with Crippen molar-refractivity contribution < 1.29 is 0 Å². The van der Waals surface area contributed by atoms with Gasteiger partial charge in [-0.3, -0.25) is 0 Å². The maximum Gasteiger partial charge on any atom is 0.0975 e. The van der Waals surface area contributed by atoms with Crippen LogP contribution in [0.2, 0.25) is 0 Å². The van der Waals surface area contributed by atoms with E-state index in [0.717, 1.165) is 19.4 Å². The quantitative estimate of drug-likeness (QED) is 0.918. The lowest BCUT2D eigenvalue weighted by molar-refractivity contribution is 0.476. The summed E-state index contributed by atoms with van der Waals surface area (Å²) in [5.74, 6) is 0. The summed E-state index contributed by atoms with van der Waals surface area (Å²) in [4.78, 5) is 6.37. The predicted octanol–water partition coefficient (Wildman–Crippen LogP) is 4.03. The Morgan fingerprint density at radius 1 is 1.30 bits per heavy atom. The first kappa shape index (κ1) is 13.8. The summed E-state index contributed by atoms with van der Waals surface area (Å²) in [5, 5.41) is 4.86. The van der Waals surface area contributed by atoms with Crippen LogP contribution in [0.25, 0.3) is 0 Å². The van der Waals surface area contributed by atoms with Gasteiger partial charge in [0.25, 0.3) is 0 Å². The van der Waals surface area contributed by atoms with E-state index in [0.29, 0.717) is 6.04 Å². The minimum atomic E-state index is 0.535. The maximum absolute atomic E-state index is 4.88. The number of rotatable bonds is 4. The van der Waals surface area contributed by atoms with Crippen molar-refractivity contribution in [3.8, 4) is 0 Å². The SMILES string of the molecule is CCNC1CCCc2nc(Cc3ccc(C)cc3)sc21. The Balaban J connectivity index is 1.80. The third-order valence-corrected chi connectivity index (χ3v) is 5.13. The summed E-state index contributed by atoms with van der Waals surface area (Å²) in [5.41, 5.74) is 4.02. The summed E-state index contributed by atoms with van der Waals surface area (Å²) in [6.45, 7) is 5.35. The number of aromatic nitrogens is 1. The van der Waals surface area contributed by atoms with E-state index in [9.17, 15) is 0 Å². The van der Waals surface area contributed by atoms with Crippen molar-refractivity contribution in [3.63, 3.8) is 0 Å². The molecule has 1 aromatic heterocycles. The number of hydrogen-bond donors (Lipinski definition) is 1. The number of fused-ring (bicyclic) bond motifs is 1. The third kappa shape index (κ3) is 2.94. The fourth-order valence-corrected chi connectivity index (χ4v) is 4.13. The molecule has 1 aliphatic carbocycles. The molecule has 106 valence electrons. The van der Waals surface area contributed by atoms with E-state index in [1.54, 1.807) is 0 Å². The summed E-state index contributed by atoms with van der Waals surface area (Å²) in [6.07, 6.45) is 4.64. The highest BCUT2D eigenvalue weighted by Gasteiger charge is 2.23. The fraction of sp³-hybridized carbons (Fsp3) is 0.471. The predicted molar refractivity (Wildman–Crippen MR) is 85.5 cm³/mol. The number of nitrogens with one attached hydrogen (secondary N) is 1. The zero-order valence-corrected chi connectivity index (χ0v) is 13.1. The summed E-state index contributed by atoms with van der Waals surface area (Å²) >= 11 is 1.91. The van der Waals surface area contributed by atoms with Gasteiger partial charge in [-0.05, 0) is 38.3 Å². The van der Waals surface area contributed by atoms with E-state index in [4.69, 9.17) is 4.98 Å². The van der Waals surface area contributed by atoms with Crippen LogP contribution in [0.1, 0.15) is 52.5 Å². The number of nitrogens with zero attached hydrogens (tertiary/aromatic N) is 1. The normalized spacial score (nSPS) is 18.0. The molecule has 3 rings (SSSR count). The Bertz CT molecular complexity index is 571. The Morgan fingerprint density at radius 3 is 2.85 bits per heavy atom. The minimum Gasteiger partial charge on any atom is -0.309 e. The molecular weight excluding hydrogens is 264 g/mol. The summed E-state index contributed by atoms with van der Waals surface area (Å²) < 4.78 is 0. The Labute approximate surface area is 125 Å². The van der Waals surface area contributed by atoms with Gasteiger partial charge >= 0.3 is 0 Å². The van der Waals surface area contributed by atoms with E-state index >= 15 is 0 Å². The van der Waals surface area contributed by atoms with Crippen molar-refractivity contribution in [3.05, 3.63) is 51.0 Å². The molecule has 0 saturated heterocycles. The zero-order chi connectivity index (χ0) is 13.9. The second kappa shape index (κ2) is 6.06. The summed E-state index contributed by atoms with van der Waals surface area (Å²) in [7, 11) is 0. The number of aryl methyl sites for hydroxylation is 2. The second-order valence-corrected chi connectivity index (χ2v) is 6.70. The van der Waals surface area contributed by atoms with Gasteiger partial charge in [-0.2, -0.15) is 0 Å². The molecule has 1 aromatic carbocycles. The van der Waals surface area contributed by atoms with E-state index in [1.165, 1.54) is 39.5 Å². The van der Waals surface area contributed by atoms with Crippen molar-refractivity contribution in [1.29, 1.82) is 0 Å². The second-order valence-electron chi connectivity index (χ2n) is 5.58. The third-order valence-electron chi connectivity index (χ3n) is 3.92. The van der Waals surface area contributed by atoms with Gasteiger partial charge < -0.3 is 5.32 Å². The van der Waals surface area contributed by atoms with Crippen molar-refractivity contribution in [2.45, 2.75) is 45.6 Å². The number of hydrogen-bond acceptors (Lipinski definition) is 3. The lowest BCUT2D eigenvalue weighted by Gasteiger charge is -2.21. The van der Waals surface area contributed by atoms with E-state index in [1.807, 2.05) is 11.3 Å². The van der Waals surface area contributed by atoms with Gasteiger partial charge in [0.1, 0.15) is 0 Å². The van der Waals surface area contributed by atoms with Crippen LogP contribution in [0.15, 0.2) is 24.3 Å². The molecule has 0 spiro atoms. The molecule has 1 N–H and O–H groups in total. The highest BCUT2D eigenvalue weighted by Crippen LogP contribution is 2.34. The van der Waals surface area contributed by atoms with E-state index < -0.39 is 0 Å². The Morgan fingerprint density at radius 2 is 2.10 bits per heavy atom. The first-order valence-corrected chi connectivity index (χ1v) is 8.35. The van der Waals surface area contributed by atoms with Gasteiger partial charge in [-0.15, -0.1) is 11.3 Å².